The molecule has 0 aliphatic rings. The molecule has 2 rings (SSSR count). The zero-order valence-electron chi connectivity index (χ0n) is 11.2. The van der Waals surface area contributed by atoms with E-state index in [4.69, 9.17) is 32.4 Å². The number of ether oxygens (including phenoxy) is 1. The van der Waals surface area contributed by atoms with Crippen LogP contribution in [0.3, 0.4) is 0 Å². The lowest BCUT2D eigenvalue weighted by molar-refractivity contribution is -0.142. The summed E-state index contributed by atoms with van der Waals surface area (Å²) in [6.45, 7) is -0.430. The Kier molecular flexibility index (Phi) is 5.63. The zero-order chi connectivity index (χ0) is 15.9. The van der Waals surface area contributed by atoms with Gasteiger partial charge in [-0.1, -0.05) is 23.2 Å². The summed E-state index contributed by atoms with van der Waals surface area (Å²) in [7, 11) is 0. The van der Waals surface area contributed by atoms with Gasteiger partial charge in [-0.3, -0.25) is 4.79 Å². The second-order valence-electron chi connectivity index (χ2n) is 4.13. The molecule has 0 fully saturated rings. The fourth-order valence-electron chi connectivity index (χ4n) is 1.50. The topological polar surface area (TPSA) is 68.5 Å². The number of carbonyl (C=O) groups is 2. The quantitative estimate of drug-likeness (QED) is 0.664. The molecule has 114 valence electrons. The molecule has 7 heteroatoms. The molecule has 0 spiro atoms. The first-order valence-electron chi connectivity index (χ1n) is 6.18. The molecule has 1 amide bonds. The van der Waals surface area contributed by atoms with Crippen LogP contribution < -0.4 is 5.32 Å². The summed E-state index contributed by atoms with van der Waals surface area (Å²) in [6.07, 6.45) is 4.09. The van der Waals surface area contributed by atoms with Gasteiger partial charge in [0.1, 0.15) is 5.76 Å². The van der Waals surface area contributed by atoms with Crippen molar-refractivity contribution in [2.45, 2.75) is 0 Å². The molecular formula is C15H11Cl2NO4. The number of furan rings is 1. The SMILES string of the molecule is O=C(COC(=O)/C=C/c1ccco1)Nc1ccc(Cl)cc1Cl. The van der Waals surface area contributed by atoms with Gasteiger partial charge >= 0.3 is 5.97 Å². The van der Waals surface area contributed by atoms with E-state index in [1.54, 1.807) is 24.3 Å². The molecule has 1 aromatic carbocycles. The number of rotatable bonds is 5. The molecule has 1 heterocycles. The normalized spacial score (nSPS) is 10.6. The van der Waals surface area contributed by atoms with E-state index in [0.717, 1.165) is 0 Å². The first-order valence-corrected chi connectivity index (χ1v) is 6.93. The Morgan fingerprint density at radius 2 is 2.09 bits per heavy atom. The van der Waals surface area contributed by atoms with Crippen LogP contribution in [0.1, 0.15) is 5.76 Å². The summed E-state index contributed by atoms with van der Waals surface area (Å²) < 4.78 is 9.80. The Hall–Kier alpha value is -2.24. The van der Waals surface area contributed by atoms with Crippen LogP contribution >= 0.6 is 23.2 Å². The Morgan fingerprint density at radius 3 is 2.77 bits per heavy atom. The molecule has 0 aliphatic heterocycles. The van der Waals surface area contributed by atoms with Crippen molar-refractivity contribution in [3.05, 3.63) is 58.5 Å². The predicted octanol–water partition coefficient (Wildman–Crippen LogP) is 3.78. The summed E-state index contributed by atoms with van der Waals surface area (Å²) in [5, 5.41) is 3.27. The van der Waals surface area contributed by atoms with Crippen molar-refractivity contribution in [3.63, 3.8) is 0 Å². The van der Waals surface area contributed by atoms with Gasteiger partial charge in [-0.2, -0.15) is 0 Å². The minimum Gasteiger partial charge on any atom is -0.465 e. The minimum absolute atomic E-state index is 0.296. The maximum absolute atomic E-state index is 11.7. The van der Waals surface area contributed by atoms with Gasteiger partial charge in [0.05, 0.1) is 17.0 Å². The van der Waals surface area contributed by atoms with E-state index in [-0.39, 0.29) is 0 Å². The highest BCUT2D eigenvalue weighted by atomic mass is 35.5. The highest BCUT2D eigenvalue weighted by molar-refractivity contribution is 6.36. The summed E-state index contributed by atoms with van der Waals surface area (Å²) in [4.78, 5) is 23.1. The molecule has 22 heavy (non-hydrogen) atoms. The molecule has 0 saturated heterocycles. The third kappa shape index (κ3) is 4.95. The van der Waals surface area contributed by atoms with Crippen molar-refractivity contribution in [2.24, 2.45) is 0 Å². The average molecular weight is 340 g/mol. The number of benzene rings is 1. The average Bonchev–Trinajstić information content (AvgIpc) is 2.99. The molecular weight excluding hydrogens is 329 g/mol. The number of hydrogen-bond donors (Lipinski definition) is 1. The van der Waals surface area contributed by atoms with Gasteiger partial charge < -0.3 is 14.5 Å². The number of nitrogens with one attached hydrogen (secondary N) is 1. The van der Waals surface area contributed by atoms with Crippen LogP contribution in [0.4, 0.5) is 5.69 Å². The zero-order valence-corrected chi connectivity index (χ0v) is 12.7. The minimum atomic E-state index is -0.659. The van der Waals surface area contributed by atoms with Crippen molar-refractivity contribution in [2.75, 3.05) is 11.9 Å². The molecule has 5 nitrogen and oxygen atoms in total. The van der Waals surface area contributed by atoms with Crippen molar-refractivity contribution in [1.82, 2.24) is 0 Å². The summed E-state index contributed by atoms with van der Waals surface area (Å²) >= 11 is 11.7. The highest BCUT2D eigenvalue weighted by Gasteiger charge is 2.08. The van der Waals surface area contributed by atoms with E-state index in [9.17, 15) is 9.59 Å². The third-order valence-electron chi connectivity index (χ3n) is 2.48. The molecule has 1 aromatic heterocycles. The largest absolute Gasteiger partial charge is 0.465 e. The lowest BCUT2D eigenvalue weighted by Gasteiger charge is -2.07. The van der Waals surface area contributed by atoms with Gasteiger partial charge in [0, 0.05) is 11.1 Å². The highest BCUT2D eigenvalue weighted by Crippen LogP contribution is 2.25. The molecule has 0 aliphatic carbocycles. The first kappa shape index (κ1) is 16.1. The number of anilines is 1. The summed E-state index contributed by atoms with van der Waals surface area (Å²) in [6, 6.07) is 8.01. The van der Waals surface area contributed by atoms with Crippen LogP contribution in [0.15, 0.2) is 47.1 Å². The third-order valence-corrected chi connectivity index (χ3v) is 3.03. The van der Waals surface area contributed by atoms with Crippen LogP contribution in [-0.4, -0.2) is 18.5 Å². The second-order valence-corrected chi connectivity index (χ2v) is 4.97. The van der Waals surface area contributed by atoms with Gasteiger partial charge in [-0.25, -0.2) is 4.79 Å². The molecule has 0 saturated carbocycles. The summed E-state index contributed by atoms with van der Waals surface area (Å²) in [5.74, 6) is -0.660. The number of esters is 1. The van der Waals surface area contributed by atoms with Crippen LogP contribution in [0.2, 0.25) is 10.0 Å². The van der Waals surface area contributed by atoms with Crippen molar-refractivity contribution < 1.29 is 18.7 Å². The molecule has 1 N–H and O–H groups in total. The van der Waals surface area contributed by atoms with Crippen molar-refractivity contribution in [1.29, 1.82) is 0 Å². The lowest BCUT2D eigenvalue weighted by atomic mass is 10.3. The molecule has 0 radical (unpaired) electrons. The fourth-order valence-corrected chi connectivity index (χ4v) is 1.95. The van der Waals surface area contributed by atoms with Crippen molar-refractivity contribution >= 4 is 46.8 Å². The molecule has 0 atom stereocenters. The van der Waals surface area contributed by atoms with E-state index < -0.39 is 18.5 Å². The van der Waals surface area contributed by atoms with E-state index in [1.165, 1.54) is 24.5 Å². The number of amides is 1. The predicted molar refractivity (Wildman–Crippen MR) is 83.8 cm³/mol. The van der Waals surface area contributed by atoms with Gasteiger partial charge in [-0.05, 0) is 36.4 Å². The van der Waals surface area contributed by atoms with Crippen LogP contribution in [0.5, 0.6) is 0 Å². The van der Waals surface area contributed by atoms with Crippen LogP contribution in [-0.2, 0) is 14.3 Å². The Labute approximate surface area is 136 Å². The van der Waals surface area contributed by atoms with Gasteiger partial charge in [-0.15, -0.1) is 0 Å². The first-order chi connectivity index (χ1) is 10.5. The van der Waals surface area contributed by atoms with Gasteiger partial charge in [0.15, 0.2) is 6.61 Å². The molecule has 0 unspecified atom stereocenters. The fraction of sp³-hybridized carbons (Fsp3) is 0.0667. The van der Waals surface area contributed by atoms with E-state index in [1.807, 2.05) is 0 Å². The maximum Gasteiger partial charge on any atom is 0.331 e. The van der Waals surface area contributed by atoms with Crippen LogP contribution in [0.25, 0.3) is 6.08 Å². The van der Waals surface area contributed by atoms with Crippen LogP contribution in [0, 0.1) is 0 Å². The second kappa shape index (κ2) is 7.68. The van der Waals surface area contributed by atoms with Crippen molar-refractivity contribution in [3.8, 4) is 0 Å². The van der Waals surface area contributed by atoms with E-state index >= 15 is 0 Å². The Morgan fingerprint density at radius 1 is 1.27 bits per heavy atom. The van der Waals surface area contributed by atoms with Gasteiger partial charge in [0.2, 0.25) is 0 Å². The lowest BCUT2D eigenvalue weighted by Crippen LogP contribution is -2.20. The summed E-state index contributed by atoms with van der Waals surface area (Å²) in [5.41, 5.74) is 0.387. The molecule has 0 bridgehead atoms. The maximum atomic E-state index is 11.7. The van der Waals surface area contributed by atoms with E-state index in [2.05, 4.69) is 5.32 Å². The monoisotopic (exact) mass is 339 g/mol. The standard InChI is InChI=1S/C15H11Cl2NO4/c16-10-3-5-13(12(17)8-10)18-14(19)9-22-15(20)6-4-11-2-1-7-21-11/h1-8H,9H2,(H,18,19)/b6-4+. The van der Waals surface area contributed by atoms with Gasteiger partial charge in [0.25, 0.3) is 5.91 Å². The number of hydrogen-bond acceptors (Lipinski definition) is 4. The smallest absolute Gasteiger partial charge is 0.331 e. The Balaban J connectivity index is 1.81. The van der Waals surface area contributed by atoms with E-state index in [0.29, 0.717) is 21.5 Å². The number of carbonyl (C=O) groups excluding carboxylic acids is 2. The molecule has 2 aromatic rings. The number of halogens is 2. The Bertz CT molecular complexity index is 696.